The van der Waals surface area contributed by atoms with E-state index in [-0.39, 0.29) is 0 Å². The highest BCUT2D eigenvalue weighted by Gasteiger charge is 2.00. The predicted octanol–water partition coefficient (Wildman–Crippen LogP) is 2.34. The first-order chi connectivity index (χ1) is 5.29. The minimum absolute atomic E-state index is 1.01. The second-order valence-electron chi connectivity index (χ2n) is 2.46. The Morgan fingerprint density at radius 2 is 2.27 bits per heavy atom. The van der Waals surface area contributed by atoms with E-state index in [1.54, 1.807) is 6.20 Å². The Balaban J connectivity index is 2.94. The number of hydrogen-bond acceptors (Lipinski definition) is 1. The van der Waals surface area contributed by atoms with E-state index in [0.29, 0.717) is 0 Å². The number of hydrogen-bond donors (Lipinski definition) is 0. The zero-order valence-electron chi connectivity index (χ0n) is 6.08. The fourth-order valence-corrected chi connectivity index (χ4v) is 1.56. The van der Waals surface area contributed by atoms with Crippen molar-refractivity contribution in [2.24, 2.45) is 7.05 Å². The van der Waals surface area contributed by atoms with Crippen molar-refractivity contribution in [3.8, 4) is 0 Å². The number of halogens is 1. The summed E-state index contributed by atoms with van der Waals surface area (Å²) in [6.07, 6.45) is 3.80. The zero-order valence-corrected chi connectivity index (χ0v) is 7.67. The first-order valence-corrected chi connectivity index (χ1v) is 4.14. The van der Waals surface area contributed by atoms with Crippen molar-refractivity contribution < 1.29 is 0 Å². The summed E-state index contributed by atoms with van der Waals surface area (Å²) in [7, 11) is 1.99. The maximum Gasteiger partial charge on any atom is 0.140 e. The highest BCUT2D eigenvalue weighted by molar-refractivity contribution is 9.10. The lowest BCUT2D eigenvalue weighted by atomic mass is 10.3. The topological polar surface area (TPSA) is 17.8 Å². The van der Waals surface area contributed by atoms with Crippen LogP contribution in [0, 0.1) is 0 Å². The Hall–Kier alpha value is -0.830. The maximum atomic E-state index is 4.23. The highest BCUT2D eigenvalue weighted by atomic mass is 79.9. The molecule has 2 aromatic rings. The lowest BCUT2D eigenvalue weighted by Crippen LogP contribution is -1.86. The third kappa shape index (κ3) is 0.959. The highest BCUT2D eigenvalue weighted by Crippen LogP contribution is 2.21. The molecular formula is C8H7BrN2. The van der Waals surface area contributed by atoms with E-state index in [0.717, 1.165) is 15.5 Å². The normalized spacial score (nSPS) is 10.7. The van der Waals surface area contributed by atoms with Gasteiger partial charge in [-0.1, -0.05) is 0 Å². The van der Waals surface area contributed by atoms with Gasteiger partial charge in [0.05, 0.1) is 0 Å². The van der Waals surface area contributed by atoms with Crippen molar-refractivity contribution in [3.05, 3.63) is 29.0 Å². The summed E-state index contributed by atoms with van der Waals surface area (Å²) < 4.78 is 3.10. The Kier molecular flexibility index (Phi) is 1.46. The molecule has 2 rings (SSSR count). The van der Waals surface area contributed by atoms with Gasteiger partial charge in [-0.3, -0.25) is 0 Å². The van der Waals surface area contributed by atoms with Gasteiger partial charge >= 0.3 is 0 Å². The van der Waals surface area contributed by atoms with Crippen LogP contribution < -0.4 is 0 Å². The van der Waals surface area contributed by atoms with Crippen LogP contribution in [-0.4, -0.2) is 9.55 Å². The minimum Gasteiger partial charge on any atom is -0.336 e. The van der Waals surface area contributed by atoms with Crippen molar-refractivity contribution in [3.63, 3.8) is 0 Å². The van der Waals surface area contributed by atoms with Crippen molar-refractivity contribution in [1.82, 2.24) is 9.55 Å². The van der Waals surface area contributed by atoms with Crippen molar-refractivity contribution in [1.29, 1.82) is 0 Å². The summed E-state index contributed by atoms with van der Waals surface area (Å²) in [4.78, 5) is 4.23. The molecule has 2 nitrogen and oxygen atoms in total. The van der Waals surface area contributed by atoms with Crippen LogP contribution in [0.5, 0.6) is 0 Å². The van der Waals surface area contributed by atoms with Gasteiger partial charge in [0, 0.05) is 29.3 Å². The van der Waals surface area contributed by atoms with E-state index in [2.05, 4.69) is 20.9 Å². The van der Waals surface area contributed by atoms with Crippen LogP contribution in [0.2, 0.25) is 0 Å². The Bertz CT molecular complexity index is 392. The zero-order chi connectivity index (χ0) is 7.84. The van der Waals surface area contributed by atoms with E-state index in [4.69, 9.17) is 0 Å². The molecule has 0 saturated heterocycles. The molecule has 2 heterocycles. The number of pyridine rings is 1. The van der Waals surface area contributed by atoms with Crippen molar-refractivity contribution in [2.45, 2.75) is 0 Å². The van der Waals surface area contributed by atoms with Gasteiger partial charge in [0.2, 0.25) is 0 Å². The molecule has 0 bridgehead atoms. The minimum atomic E-state index is 1.01. The maximum absolute atomic E-state index is 4.23. The summed E-state index contributed by atoms with van der Waals surface area (Å²) >= 11 is 3.46. The Morgan fingerprint density at radius 1 is 1.45 bits per heavy atom. The van der Waals surface area contributed by atoms with Gasteiger partial charge in [0.25, 0.3) is 0 Å². The van der Waals surface area contributed by atoms with Crippen LogP contribution in [0.3, 0.4) is 0 Å². The predicted molar refractivity (Wildman–Crippen MR) is 48.4 cm³/mol. The van der Waals surface area contributed by atoms with Crippen molar-refractivity contribution in [2.75, 3.05) is 0 Å². The molecule has 0 unspecified atom stereocenters. The van der Waals surface area contributed by atoms with Gasteiger partial charge < -0.3 is 4.57 Å². The summed E-state index contributed by atoms with van der Waals surface area (Å²) in [5.74, 6) is 0. The summed E-state index contributed by atoms with van der Waals surface area (Å²) in [5, 5.41) is 1.16. The molecule has 0 spiro atoms. The fourth-order valence-electron chi connectivity index (χ4n) is 1.13. The van der Waals surface area contributed by atoms with Gasteiger partial charge in [-0.15, -0.1) is 0 Å². The van der Waals surface area contributed by atoms with E-state index in [1.807, 2.05) is 29.9 Å². The average Bonchev–Trinajstić information content (AvgIpc) is 2.35. The molecule has 0 radical (unpaired) electrons. The van der Waals surface area contributed by atoms with E-state index < -0.39 is 0 Å². The third-order valence-electron chi connectivity index (χ3n) is 1.71. The van der Waals surface area contributed by atoms with Gasteiger partial charge in [-0.25, -0.2) is 4.98 Å². The number of nitrogens with zero attached hydrogens (tertiary/aromatic N) is 2. The lowest BCUT2D eigenvalue weighted by Gasteiger charge is -1.94. The van der Waals surface area contributed by atoms with Crippen molar-refractivity contribution >= 4 is 27.0 Å². The summed E-state index contributed by atoms with van der Waals surface area (Å²) in [6, 6.07) is 3.99. The first-order valence-electron chi connectivity index (χ1n) is 3.34. The molecule has 0 aliphatic carbocycles. The average molecular weight is 211 g/mol. The Morgan fingerprint density at radius 3 is 3.00 bits per heavy atom. The third-order valence-corrected chi connectivity index (χ3v) is 2.41. The van der Waals surface area contributed by atoms with Crippen LogP contribution >= 0.6 is 15.9 Å². The van der Waals surface area contributed by atoms with Gasteiger partial charge in [0.1, 0.15) is 5.65 Å². The molecular weight excluding hydrogens is 204 g/mol. The fraction of sp³-hybridized carbons (Fsp3) is 0.125. The molecule has 2 aromatic heterocycles. The summed E-state index contributed by atoms with van der Waals surface area (Å²) in [5.41, 5.74) is 1.01. The molecule has 0 aliphatic heterocycles. The van der Waals surface area contributed by atoms with Crippen LogP contribution in [0.4, 0.5) is 0 Å². The molecule has 0 atom stereocenters. The van der Waals surface area contributed by atoms with Crippen LogP contribution in [-0.2, 0) is 7.05 Å². The second-order valence-corrected chi connectivity index (χ2v) is 3.31. The molecule has 11 heavy (non-hydrogen) atoms. The Labute approximate surface area is 73.0 Å². The standard InChI is InChI=1S/C8H7BrN2/c1-11-5-3-6-7(9)2-4-10-8(6)11/h2-5H,1H3. The first kappa shape index (κ1) is 6.85. The lowest BCUT2D eigenvalue weighted by molar-refractivity contribution is 0.948. The second kappa shape index (κ2) is 2.34. The molecule has 0 N–H and O–H groups in total. The molecule has 3 heteroatoms. The van der Waals surface area contributed by atoms with Crippen LogP contribution in [0.1, 0.15) is 0 Å². The van der Waals surface area contributed by atoms with E-state index >= 15 is 0 Å². The molecule has 0 fully saturated rings. The quantitative estimate of drug-likeness (QED) is 0.653. The smallest absolute Gasteiger partial charge is 0.140 e. The molecule has 0 aromatic carbocycles. The van der Waals surface area contributed by atoms with Crippen LogP contribution in [0.15, 0.2) is 29.0 Å². The van der Waals surface area contributed by atoms with E-state index in [1.165, 1.54) is 0 Å². The van der Waals surface area contributed by atoms with Gasteiger partial charge in [-0.05, 0) is 28.1 Å². The van der Waals surface area contributed by atoms with E-state index in [9.17, 15) is 0 Å². The molecule has 0 saturated carbocycles. The largest absolute Gasteiger partial charge is 0.336 e. The number of fused-ring (bicyclic) bond motifs is 1. The number of aryl methyl sites for hydroxylation is 1. The number of rotatable bonds is 0. The van der Waals surface area contributed by atoms with Gasteiger partial charge in [0.15, 0.2) is 0 Å². The number of aromatic nitrogens is 2. The van der Waals surface area contributed by atoms with Crippen LogP contribution in [0.25, 0.3) is 11.0 Å². The SMILES string of the molecule is Cn1ccc2c(Br)ccnc21. The molecule has 0 amide bonds. The van der Waals surface area contributed by atoms with Gasteiger partial charge in [-0.2, -0.15) is 0 Å². The molecule has 0 aliphatic rings. The molecule has 56 valence electrons. The monoisotopic (exact) mass is 210 g/mol. The summed E-state index contributed by atoms with van der Waals surface area (Å²) in [6.45, 7) is 0.